The Bertz CT molecular complexity index is 463. The van der Waals surface area contributed by atoms with Crippen LogP contribution in [-0.4, -0.2) is 54.6 Å². The average Bonchev–Trinajstić information content (AvgIpc) is 2.51. The van der Waals surface area contributed by atoms with Gasteiger partial charge in [0.15, 0.2) is 0 Å². The first-order valence-electron chi connectivity index (χ1n) is 8.36. The molecule has 0 radical (unpaired) electrons. The summed E-state index contributed by atoms with van der Waals surface area (Å²) in [5.74, 6) is 0.239. The van der Waals surface area contributed by atoms with Gasteiger partial charge in [0.25, 0.3) is 0 Å². The predicted octanol–water partition coefficient (Wildman–Crippen LogP) is 1.44. The van der Waals surface area contributed by atoms with Crippen molar-refractivity contribution in [2.24, 2.45) is 5.92 Å². The summed E-state index contributed by atoms with van der Waals surface area (Å²) in [6, 6.07) is 0. The zero-order valence-electron chi connectivity index (χ0n) is 14.9. The Balaban J connectivity index is 2.13. The summed E-state index contributed by atoms with van der Waals surface area (Å²) in [4.78, 5) is 36.5. The second kappa shape index (κ2) is 9.30. The highest BCUT2D eigenvalue weighted by Crippen LogP contribution is 2.16. The first-order chi connectivity index (χ1) is 11.2. The fraction of sp³-hybridized carbons (Fsp3) is 0.706. The lowest BCUT2D eigenvalue weighted by molar-refractivity contribution is -0.127. The van der Waals surface area contributed by atoms with Crippen LogP contribution in [0.4, 0.5) is 4.79 Å². The molecule has 0 spiro atoms. The molecular formula is C17H29N3O4. The van der Waals surface area contributed by atoms with Gasteiger partial charge in [-0.15, -0.1) is 0 Å². The van der Waals surface area contributed by atoms with Crippen molar-refractivity contribution < 1.29 is 19.1 Å². The van der Waals surface area contributed by atoms with E-state index >= 15 is 0 Å². The maximum atomic E-state index is 11.8. The van der Waals surface area contributed by atoms with Gasteiger partial charge in [-0.05, 0) is 45.6 Å². The van der Waals surface area contributed by atoms with Crippen LogP contribution in [0.2, 0.25) is 0 Å². The Hall–Kier alpha value is -2.05. The third-order valence-corrected chi connectivity index (χ3v) is 3.71. The van der Waals surface area contributed by atoms with Gasteiger partial charge < -0.3 is 20.3 Å². The molecule has 0 aromatic rings. The molecule has 136 valence electrons. The Morgan fingerprint density at radius 1 is 1.21 bits per heavy atom. The van der Waals surface area contributed by atoms with E-state index in [0.29, 0.717) is 25.6 Å². The van der Waals surface area contributed by atoms with Crippen LogP contribution in [0.3, 0.4) is 0 Å². The number of piperidine rings is 1. The molecule has 7 heteroatoms. The number of alkyl carbamates (subject to hydrolysis) is 1. The van der Waals surface area contributed by atoms with Crippen molar-refractivity contribution in [2.45, 2.75) is 45.6 Å². The average molecular weight is 339 g/mol. The van der Waals surface area contributed by atoms with E-state index in [1.165, 1.54) is 6.08 Å². The van der Waals surface area contributed by atoms with Crippen LogP contribution in [0, 0.1) is 5.92 Å². The number of likely N-dealkylation sites (tertiary alicyclic amines) is 1. The van der Waals surface area contributed by atoms with Gasteiger partial charge in [0.1, 0.15) is 5.60 Å². The summed E-state index contributed by atoms with van der Waals surface area (Å²) in [5.41, 5.74) is -0.547. The van der Waals surface area contributed by atoms with Gasteiger partial charge in [0, 0.05) is 32.6 Å². The van der Waals surface area contributed by atoms with Gasteiger partial charge in [-0.2, -0.15) is 0 Å². The molecule has 1 fully saturated rings. The minimum absolute atomic E-state index is 0.0364. The molecule has 1 rings (SSSR count). The topological polar surface area (TPSA) is 87.7 Å². The maximum absolute atomic E-state index is 11.8. The zero-order valence-corrected chi connectivity index (χ0v) is 14.9. The smallest absolute Gasteiger partial charge is 0.407 e. The molecule has 1 heterocycles. The highest BCUT2D eigenvalue weighted by atomic mass is 16.6. The molecule has 1 aliphatic rings. The lowest BCUT2D eigenvalue weighted by atomic mass is 9.96. The van der Waals surface area contributed by atoms with E-state index in [9.17, 15) is 14.4 Å². The Kier molecular flexibility index (Phi) is 7.74. The summed E-state index contributed by atoms with van der Waals surface area (Å²) in [6.45, 7) is 11.1. The van der Waals surface area contributed by atoms with Gasteiger partial charge >= 0.3 is 6.09 Å². The second-order valence-corrected chi connectivity index (χ2v) is 6.96. The number of carbonyl (C=O) groups excluding carboxylic acids is 3. The van der Waals surface area contributed by atoms with E-state index < -0.39 is 11.7 Å². The first kappa shape index (κ1) is 20.0. The molecule has 7 nitrogen and oxygen atoms in total. The Morgan fingerprint density at radius 3 is 2.38 bits per heavy atom. The summed E-state index contributed by atoms with van der Waals surface area (Å²) >= 11 is 0. The van der Waals surface area contributed by atoms with Gasteiger partial charge in [-0.1, -0.05) is 6.58 Å². The molecule has 2 N–H and O–H groups in total. The largest absolute Gasteiger partial charge is 0.444 e. The SMILES string of the molecule is C=CC(=O)N1CCC(CNC(=O)CCNC(=O)OC(C)(C)C)CC1. The van der Waals surface area contributed by atoms with Crippen molar-refractivity contribution in [3.8, 4) is 0 Å². The third kappa shape index (κ3) is 7.99. The van der Waals surface area contributed by atoms with Crippen molar-refractivity contribution >= 4 is 17.9 Å². The molecule has 0 aliphatic carbocycles. The number of carbonyl (C=O) groups is 3. The van der Waals surface area contributed by atoms with Crippen LogP contribution in [0.15, 0.2) is 12.7 Å². The predicted molar refractivity (Wildman–Crippen MR) is 91.4 cm³/mol. The highest BCUT2D eigenvalue weighted by molar-refractivity contribution is 5.87. The molecule has 0 atom stereocenters. The summed E-state index contributed by atoms with van der Waals surface area (Å²) in [7, 11) is 0. The summed E-state index contributed by atoms with van der Waals surface area (Å²) in [5, 5.41) is 5.43. The number of ether oxygens (including phenoxy) is 1. The molecule has 0 saturated carbocycles. The van der Waals surface area contributed by atoms with E-state index in [-0.39, 0.29) is 24.8 Å². The minimum Gasteiger partial charge on any atom is -0.444 e. The van der Waals surface area contributed by atoms with Crippen molar-refractivity contribution in [2.75, 3.05) is 26.2 Å². The van der Waals surface area contributed by atoms with E-state index in [2.05, 4.69) is 17.2 Å². The van der Waals surface area contributed by atoms with Crippen LogP contribution in [-0.2, 0) is 14.3 Å². The van der Waals surface area contributed by atoms with Crippen LogP contribution in [0.5, 0.6) is 0 Å². The number of amides is 3. The van der Waals surface area contributed by atoms with E-state index in [0.717, 1.165) is 12.8 Å². The summed E-state index contributed by atoms with van der Waals surface area (Å²) in [6.07, 6.45) is 2.77. The molecular weight excluding hydrogens is 310 g/mol. The van der Waals surface area contributed by atoms with Crippen LogP contribution in [0.1, 0.15) is 40.0 Å². The Morgan fingerprint density at radius 2 is 1.83 bits per heavy atom. The van der Waals surface area contributed by atoms with Gasteiger partial charge in [-0.25, -0.2) is 4.79 Å². The van der Waals surface area contributed by atoms with Crippen molar-refractivity contribution in [3.05, 3.63) is 12.7 Å². The molecule has 0 unspecified atom stereocenters. The van der Waals surface area contributed by atoms with Gasteiger partial charge in [-0.3, -0.25) is 9.59 Å². The normalized spacial score (nSPS) is 15.5. The molecule has 0 aromatic carbocycles. The number of rotatable bonds is 6. The van der Waals surface area contributed by atoms with Crippen LogP contribution < -0.4 is 10.6 Å². The van der Waals surface area contributed by atoms with Crippen molar-refractivity contribution in [1.29, 1.82) is 0 Å². The fourth-order valence-electron chi connectivity index (χ4n) is 2.43. The minimum atomic E-state index is -0.547. The number of hydrogen-bond acceptors (Lipinski definition) is 4. The van der Waals surface area contributed by atoms with Gasteiger partial charge in [0.2, 0.25) is 11.8 Å². The standard InChI is InChI=1S/C17H29N3O4/c1-5-15(22)20-10-7-13(8-11-20)12-19-14(21)6-9-18-16(23)24-17(2,3)4/h5,13H,1,6-12H2,2-4H3,(H,18,23)(H,19,21). The number of nitrogens with one attached hydrogen (secondary N) is 2. The van der Waals surface area contributed by atoms with Gasteiger partial charge in [0.05, 0.1) is 0 Å². The molecule has 1 saturated heterocycles. The lowest BCUT2D eigenvalue weighted by Crippen LogP contribution is -2.41. The Labute approximate surface area is 143 Å². The van der Waals surface area contributed by atoms with E-state index in [1.54, 1.807) is 25.7 Å². The molecule has 24 heavy (non-hydrogen) atoms. The van der Waals surface area contributed by atoms with E-state index in [1.807, 2.05) is 0 Å². The molecule has 3 amide bonds. The molecule has 1 aliphatic heterocycles. The quantitative estimate of drug-likeness (QED) is 0.717. The highest BCUT2D eigenvalue weighted by Gasteiger charge is 2.21. The maximum Gasteiger partial charge on any atom is 0.407 e. The second-order valence-electron chi connectivity index (χ2n) is 6.96. The van der Waals surface area contributed by atoms with Crippen molar-refractivity contribution in [1.82, 2.24) is 15.5 Å². The third-order valence-electron chi connectivity index (χ3n) is 3.71. The number of hydrogen-bond donors (Lipinski definition) is 2. The molecule has 0 bridgehead atoms. The summed E-state index contributed by atoms with van der Waals surface area (Å²) < 4.78 is 5.09. The van der Waals surface area contributed by atoms with Crippen molar-refractivity contribution in [3.63, 3.8) is 0 Å². The molecule has 0 aromatic heterocycles. The monoisotopic (exact) mass is 339 g/mol. The van der Waals surface area contributed by atoms with Crippen LogP contribution in [0.25, 0.3) is 0 Å². The first-order valence-corrected chi connectivity index (χ1v) is 8.36. The number of nitrogens with zero attached hydrogens (tertiary/aromatic N) is 1. The van der Waals surface area contributed by atoms with E-state index in [4.69, 9.17) is 4.74 Å². The van der Waals surface area contributed by atoms with Crippen LogP contribution >= 0.6 is 0 Å². The fourth-order valence-corrected chi connectivity index (χ4v) is 2.43. The zero-order chi connectivity index (χ0) is 18.2. The lowest BCUT2D eigenvalue weighted by Gasteiger charge is -2.31.